The summed E-state index contributed by atoms with van der Waals surface area (Å²) in [5.74, 6) is -0.667. The monoisotopic (exact) mass is 928 g/mol. The van der Waals surface area contributed by atoms with E-state index in [2.05, 4.69) is 40.7 Å². The summed E-state index contributed by atoms with van der Waals surface area (Å²) in [6.07, 6.45) is -18.0. The SMILES string of the molecule is CC1(C)C[C@H]2C3=CC[C@H]4[C@]5(C)C[C@@H](O)[C@H](O[C@@H]6O[C@H](CO[C@H]7OC[C@@H](O)[C@H](O)[C@@H]7O[C@H]7OC[C@H](O)[C@H](O)[C@@H]7O)[C@H](O)[C@@H](O)[C@@H]6O)[C@](C)(CO)[C@H]5CC[C@@]4(C)[C@@]3(C)C[C@@H](O)[C@]23C[C@H]1OC3=O. The molecule has 0 aromatic rings. The van der Waals surface area contributed by atoms with Crippen LogP contribution in [0, 0.1) is 50.2 Å². The molecule has 4 saturated heterocycles. The molecule has 0 aromatic heterocycles. The minimum absolute atomic E-state index is 0.000771. The molecule has 19 nitrogen and oxygen atoms in total. The molecule has 19 heteroatoms. The Bertz CT molecular complexity index is 1830. The topological polar surface area (TPSA) is 304 Å². The normalized spacial score (nSPS) is 57.2. The van der Waals surface area contributed by atoms with E-state index in [9.17, 15) is 61.0 Å². The first-order valence-corrected chi connectivity index (χ1v) is 23.5. The number of allylic oxidation sites excluding steroid dienone is 2. The number of ether oxygens (including phenoxy) is 7. The van der Waals surface area contributed by atoms with E-state index in [0.29, 0.717) is 25.7 Å². The predicted octanol–water partition coefficient (Wildman–Crippen LogP) is -1.65. The van der Waals surface area contributed by atoms with Crippen molar-refractivity contribution in [2.75, 3.05) is 26.4 Å². The van der Waals surface area contributed by atoms with E-state index in [0.717, 1.165) is 12.8 Å². The van der Waals surface area contributed by atoms with Crippen LogP contribution < -0.4 is 0 Å². The maximum atomic E-state index is 13.7. The lowest BCUT2D eigenvalue weighted by Crippen LogP contribution is -2.70. The highest BCUT2D eigenvalue weighted by molar-refractivity contribution is 5.82. The van der Waals surface area contributed by atoms with Crippen molar-refractivity contribution in [2.24, 2.45) is 50.2 Å². The van der Waals surface area contributed by atoms with Crippen LogP contribution >= 0.6 is 0 Å². The quantitative estimate of drug-likeness (QED) is 0.0738. The first-order chi connectivity index (χ1) is 30.4. The Labute approximate surface area is 378 Å². The second kappa shape index (κ2) is 16.6. The van der Waals surface area contributed by atoms with Crippen LogP contribution in [-0.4, -0.2) is 193 Å². The average molecular weight is 929 g/mol. The second-order valence-electron chi connectivity index (χ2n) is 22.8. The summed E-state index contributed by atoms with van der Waals surface area (Å²) in [4.78, 5) is 13.7. The molecule has 4 aliphatic heterocycles. The van der Waals surface area contributed by atoms with Gasteiger partial charge < -0.3 is 89.3 Å². The third-order valence-electron chi connectivity index (χ3n) is 19.1. The maximum Gasteiger partial charge on any atom is 0.315 e. The highest BCUT2D eigenvalue weighted by Crippen LogP contribution is 2.76. The van der Waals surface area contributed by atoms with Crippen LogP contribution in [0.5, 0.6) is 0 Å². The van der Waals surface area contributed by atoms with Crippen molar-refractivity contribution in [3.05, 3.63) is 11.6 Å². The molecule has 65 heavy (non-hydrogen) atoms. The number of carbonyl (C=O) groups excluding carboxylic acids is 1. The van der Waals surface area contributed by atoms with E-state index in [1.165, 1.54) is 5.57 Å². The summed E-state index contributed by atoms with van der Waals surface area (Å²) in [6, 6.07) is 0. The molecule has 0 aromatic carbocycles. The summed E-state index contributed by atoms with van der Waals surface area (Å²) in [6.45, 7) is 11.1. The summed E-state index contributed by atoms with van der Waals surface area (Å²) in [5.41, 5.74) is -2.48. The standard InChI is InChI=1S/C46H72O19/c1-41(2)11-20-19-7-8-26-42(3)12-21(48)36(43(4,18-47)25(42)9-10-44(26,5)45(19,6)13-27(51)46(20)14-28(41)63-40(46)58)65-38-34(57)32(55)31(54)24(62-38)17-61-39-35(30(53)23(50)16-60-39)64-37-33(56)29(52)22(49)15-59-37/h7,20-39,47-57H,8-18H2,1-6H3/t20-,21+,22-,23+,24+,25-,26-,27+,28+,29-,30-,31-,32+,33-,34-,35-,36-,37+,38-,39+,42+,43+,44+,45-,46-/m0/s1. The van der Waals surface area contributed by atoms with Crippen molar-refractivity contribution in [2.45, 2.75) is 191 Å². The van der Waals surface area contributed by atoms with Crippen molar-refractivity contribution in [1.29, 1.82) is 0 Å². The van der Waals surface area contributed by atoms with Crippen molar-refractivity contribution < 1.29 is 94.1 Å². The van der Waals surface area contributed by atoms with Gasteiger partial charge in [0.2, 0.25) is 0 Å². The fraction of sp³-hybridized carbons (Fsp3) is 0.935. The summed E-state index contributed by atoms with van der Waals surface area (Å²) < 4.78 is 41.0. The lowest BCUT2D eigenvalue weighted by Gasteiger charge is -2.72. The van der Waals surface area contributed by atoms with Crippen molar-refractivity contribution in [3.63, 3.8) is 0 Å². The number of hydrogen-bond donors (Lipinski definition) is 11. The summed E-state index contributed by atoms with van der Waals surface area (Å²) >= 11 is 0. The minimum Gasteiger partial charge on any atom is -0.461 e. The first kappa shape index (κ1) is 48.5. The molecular weight excluding hydrogens is 856 g/mol. The van der Waals surface area contributed by atoms with Gasteiger partial charge in [-0.15, -0.1) is 0 Å². The van der Waals surface area contributed by atoms with Crippen LogP contribution in [-0.2, 0) is 38.0 Å². The molecule has 0 radical (unpaired) electrons. The Morgan fingerprint density at radius 3 is 2.06 bits per heavy atom. The lowest BCUT2D eigenvalue weighted by molar-refractivity contribution is -0.362. The smallest absolute Gasteiger partial charge is 0.315 e. The molecule has 2 bridgehead atoms. The second-order valence-corrected chi connectivity index (χ2v) is 22.8. The fourth-order valence-electron chi connectivity index (χ4n) is 15.1. The maximum absolute atomic E-state index is 13.7. The van der Waals surface area contributed by atoms with Gasteiger partial charge in [-0.05, 0) is 72.5 Å². The van der Waals surface area contributed by atoms with Gasteiger partial charge in [0.05, 0.1) is 44.7 Å². The summed E-state index contributed by atoms with van der Waals surface area (Å²) in [5, 5.41) is 121. The van der Waals surface area contributed by atoms with E-state index < -0.39 is 146 Å². The van der Waals surface area contributed by atoms with Gasteiger partial charge in [0.15, 0.2) is 18.9 Å². The van der Waals surface area contributed by atoms with E-state index in [1.54, 1.807) is 0 Å². The molecule has 0 amide bonds. The van der Waals surface area contributed by atoms with Gasteiger partial charge in [-0.2, -0.15) is 0 Å². The largest absolute Gasteiger partial charge is 0.461 e. The van der Waals surface area contributed by atoms with Crippen molar-refractivity contribution in [3.8, 4) is 0 Å². The van der Waals surface area contributed by atoms with Crippen LogP contribution in [0.2, 0.25) is 0 Å². The first-order valence-electron chi connectivity index (χ1n) is 23.5. The minimum atomic E-state index is -1.82. The van der Waals surface area contributed by atoms with Crippen LogP contribution in [0.3, 0.4) is 0 Å². The van der Waals surface area contributed by atoms with Crippen LogP contribution in [0.1, 0.15) is 86.5 Å². The van der Waals surface area contributed by atoms with Gasteiger partial charge in [0.1, 0.15) is 72.6 Å². The Balaban J connectivity index is 0.927. The molecule has 25 atom stereocenters. The lowest BCUT2D eigenvalue weighted by atomic mass is 9.33. The highest BCUT2D eigenvalue weighted by atomic mass is 16.8. The van der Waals surface area contributed by atoms with Gasteiger partial charge >= 0.3 is 5.97 Å². The molecule has 11 N–H and O–H groups in total. The molecule has 370 valence electrons. The zero-order chi connectivity index (χ0) is 47.1. The number of esters is 1. The van der Waals surface area contributed by atoms with Gasteiger partial charge in [0, 0.05) is 17.3 Å². The van der Waals surface area contributed by atoms with Crippen molar-refractivity contribution in [1.82, 2.24) is 0 Å². The third kappa shape index (κ3) is 7.03. The van der Waals surface area contributed by atoms with Crippen LogP contribution in [0.25, 0.3) is 0 Å². The Hall–Kier alpha value is -1.47. The highest BCUT2D eigenvalue weighted by Gasteiger charge is 2.75. The molecule has 9 aliphatic rings. The number of hydrogen-bond acceptors (Lipinski definition) is 19. The van der Waals surface area contributed by atoms with Crippen LogP contribution in [0.4, 0.5) is 0 Å². The molecular formula is C46H72O19. The molecule has 1 spiro atoms. The zero-order valence-corrected chi connectivity index (χ0v) is 38.1. The summed E-state index contributed by atoms with van der Waals surface area (Å²) in [7, 11) is 0. The number of fused-ring (bicyclic) bond motifs is 7. The zero-order valence-electron chi connectivity index (χ0n) is 38.1. The fourth-order valence-corrected chi connectivity index (χ4v) is 15.1. The van der Waals surface area contributed by atoms with E-state index in [4.69, 9.17) is 33.2 Å². The Morgan fingerprint density at radius 1 is 0.708 bits per heavy atom. The molecule has 4 heterocycles. The molecule has 0 unspecified atom stereocenters. The van der Waals surface area contributed by atoms with E-state index >= 15 is 0 Å². The van der Waals surface area contributed by atoms with E-state index in [-0.39, 0.29) is 47.1 Å². The average Bonchev–Trinajstić information content (AvgIpc) is 3.57. The molecule has 9 rings (SSSR count). The van der Waals surface area contributed by atoms with Gasteiger partial charge in [-0.3, -0.25) is 4.79 Å². The number of aliphatic hydroxyl groups excluding tert-OH is 11. The molecule has 8 fully saturated rings. The van der Waals surface area contributed by atoms with Gasteiger partial charge in [-0.25, -0.2) is 0 Å². The van der Waals surface area contributed by atoms with Gasteiger partial charge in [-0.1, -0.05) is 53.2 Å². The van der Waals surface area contributed by atoms with Crippen LogP contribution in [0.15, 0.2) is 11.6 Å². The van der Waals surface area contributed by atoms with E-state index in [1.807, 2.05) is 6.92 Å². The number of carbonyl (C=O) groups is 1. The Kier molecular flexibility index (Phi) is 12.4. The third-order valence-corrected chi connectivity index (χ3v) is 19.1. The Morgan fingerprint density at radius 2 is 1.37 bits per heavy atom. The van der Waals surface area contributed by atoms with Gasteiger partial charge in [0.25, 0.3) is 0 Å². The number of aliphatic hydroxyl groups is 11. The predicted molar refractivity (Wildman–Crippen MR) is 220 cm³/mol. The molecule has 4 saturated carbocycles. The van der Waals surface area contributed by atoms with Crippen molar-refractivity contribution >= 4 is 5.97 Å². The molecule has 5 aliphatic carbocycles. The number of rotatable bonds is 8.